The highest BCUT2D eigenvalue weighted by Gasteiger charge is 2.11. The molecule has 0 atom stereocenters. The molecule has 3 aromatic rings. The number of hydrogen-bond acceptors (Lipinski definition) is 0. The number of benzene rings is 3. The summed E-state index contributed by atoms with van der Waals surface area (Å²) in [6, 6.07) is 25.1. The fourth-order valence-electron chi connectivity index (χ4n) is 2.23. The third-order valence-electron chi connectivity index (χ3n) is 3.25. The van der Waals surface area contributed by atoms with Crippen molar-refractivity contribution in [3.05, 3.63) is 81.7 Å². The molecular formula is C18H12Br2. The van der Waals surface area contributed by atoms with Gasteiger partial charge in [0, 0.05) is 8.95 Å². The molecule has 98 valence electrons. The maximum absolute atomic E-state index is 3.72. The number of halogens is 2. The van der Waals surface area contributed by atoms with Crippen LogP contribution in [0.1, 0.15) is 0 Å². The minimum absolute atomic E-state index is 1.09. The van der Waals surface area contributed by atoms with Crippen LogP contribution >= 0.6 is 31.9 Å². The summed E-state index contributed by atoms with van der Waals surface area (Å²) >= 11 is 7.44. The molecule has 0 aliphatic rings. The van der Waals surface area contributed by atoms with E-state index in [1.165, 1.54) is 22.3 Å². The Morgan fingerprint density at radius 3 is 1.15 bits per heavy atom. The van der Waals surface area contributed by atoms with E-state index in [2.05, 4.69) is 92.5 Å². The van der Waals surface area contributed by atoms with Gasteiger partial charge in [0.1, 0.15) is 0 Å². The lowest BCUT2D eigenvalue weighted by Gasteiger charge is -2.11. The maximum atomic E-state index is 3.72. The van der Waals surface area contributed by atoms with Crippen molar-refractivity contribution in [2.24, 2.45) is 0 Å². The van der Waals surface area contributed by atoms with E-state index in [-0.39, 0.29) is 0 Å². The van der Waals surface area contributed by atoms with Crippen molar-refractivity contribution in [2.75, 3.05) is 0 Å². The van der Waals surface area contributed by atoms with Crippen molar-refractivity contribution in [2.45, 2.75) is 0 Å². The average molecular weight is 388 g/mol. The standard InChI is InChI=1S/C18H12Br2/c19-17-15(13-7-3-1-4-8-13)11-12-16(18(17)20)14-9-5-2-6-10-14/h1-12H. The zero-order valence-corrected chi connectivity index (χ0v) is 13.9. The first-order chi connectivity index (χ1) is 9.77. The molecule has 0 saturated heterocycles. The molecule has 0 aliphatic carbocycles. The lowest BCUT2D eigenvalue weighted by molar-refractivity contribution is 1.52. The lowest BCUT2D eigenvalue weighted by Crippen LogP contribution is -1.85. The highest BCUT2D eigenvalue weighted by molar-refractivity contribution is 9.13. The van der Waals surface area contributed by atoms with Crippen LogP contribution in [0.4, 0.5) is 0 Å². The summed E-state index contributed by atoms with van der Waals surface area (Å²) in [6.45, 7) is 0. The minimum atomic E-state index is 1.09. The van der Waals surface area contributed by atoms with Gasteiger partial charge in [0.25, 0.3) is 0 Å². The molecule has 0 heterocycles. The van der Waals surface area contributed by atoms with E-state index in [4.69, 9.17) is 0 Å². The molecule has 0 amide bonds. The molecule has 0 saturated carbocycles. The molecule has 0 nitrogen and oxygen atoms in total. The summed E-state index contributed by atoms with van der Waals surface area (Å²) in [5, 5.41) is 0. The zero-order valence-electron chi connectivity index (χ0n) is 10.7. The van der Waals surface area contributed by atoms with Gasteiger partial charge in [-0.05, 0) is 54.1 Å². The summed E-state index contributed by atoms with van der Waals surface area (Å²) < 4.78 is 2.18. The zero-order chi connectivity index (χ0) is 13.9. The van der Waals surface area contributed by atoms with E-state index < -0.39 is 0 Å². The molecule has 3 rings (SSSR count). The van der Waals surface area contributed by atoms with Crippen LogP contribution < -0.4 is 0 Å². The van der Waals surface area contributed by atoms with E-state index in [1.54, 1.807) is 0 Å². The predicted octanol–water partition coefficient (Wildman–Crippen LogP) is 6.55. The Labute approximate surface area is 135 Å². The second-order valence-corrected chi connectivity index (χ2v) is 6.11. The largest absolute Gasteiger partial charge is 0.0622 e. The third-order valence-corrected chi connectivity index (χ3v) is 5.43. The van der Waals surface area contributed by atoms with Crippen molar-refractivity contribution < 1.29 is 0 Å². The summed E-state index contributed by atoms with van der Waals surface area (Å²) in [5.74, 6) is 0. The Hall–Kier alpha value is -1.38. The van der Waals surface area contributed by atoms with Gasteiger partial charge in [-0.1, -0.05) is 72.8 Å². The van der Waals surface area contributed by atoms with E-state index in [0.717, 1.165) is 8.95 Å². The number of rotatable bonds is 2. The van der Waals surface area contributed by atoms with E-state index in [0.29, 0.717) is 0 Å². The van der Waals surface area contributed by atoms with Gasteiger partial charge in [-0.3, -0.25) is 0 Å². The van der Waals surface area contributed by atoms with Crippen LogP contribution in [0.2, 0.25) is 0 Å². The fourth-order valence-corrected chi connectivity index (χ4v) is 3.38. The second kappa shape index (κ2) is 5.94. The highest BCUT2D eigenvalue weighted by atomic mass is 79.9. The van der Waals surface area contributed by atoms with Gasteiger partial charge in [0.15, 0.2) is 0 Å². The van der Waals surface area contributed by atoms with Gasteiger partial charge in [-0.15, -0.1) is 0 Å². The molecule has 0 N–H and O–H groups in total. The topological polar surface area (TPSA) is 0 Å². The summed E-state index contributed by atoms with van der Waals surface area (Å²) in [4.78, 5) is 0. The molecule has 0 aromatic heterocycles. The fraction of sp³-hybridized carbons (Fsp3) is 0. The lowest BCUT2D eigenvalue weighted by atomic mass is 10.0. The molecule has 2 heteroatoms. The van der Waals surface area contributed by atoms with Gasteiger partial charge < -0.3 is 0 Å². The van der Waals surface area contributed by atoms with Crippen LogP contribution in [-0.2, 0) is 0 Å². The molecule has 0 fully saturated rings. The highest BCUT2D eigenvalue weighted by Crippen LogP contribution is 2.40. The minimum Gasteiger partial charge on any atom is -0.0622 e. The SMILES string of the molecule is Brc1c(-c2ccccc2)ccc(-c2ccccc2)c1Br. The van der Waals surface area contributed by atoms with E-state index >= 15 is 0 Å². The van der Waals surface area contributed by atoms with Gasteiger partial charge in [0.2, 0.25) is 0 Å². The van der Waals surface area contributed by atoms with Crippen LogP contribution in [0.25, 0.3) is 22.3 Å². The normalized spacial score (nSPS) is 10.5. The predicted molar refractivity (Wildman–Crippen MR) is 92.7 cm³/mol. The monoisotopic (exact) mass is 386 g/mol. The van der Waals surface area contributed by atoms with Crippen LogP contribution in [0.5, 0.6) is 0 Å². The molecule has 0 bridgehead atoms. The molecule has 0 aliphatic heterocycles. The Bertz CT molecular complexity index is 655. The average Bonchev–Trinajstić information content (AvgIpc) is 2.52. The summed E-state index contributed by atoms with van der Waals surface area (Å²) in [6.07, 6.45) is 0. The van der Waals surface area contributed by atoms with Crippen molar-refractivity contribution in [3.63, 3.8) is 0 Å². The molecule has 3 aromatic carbocycles. The van der Waals surface area contributed by atoms with Crippen LogP contribution in [0.15, 0.2) is 81.7 Å². The molecular weight excluding hydrogens is 376 g/mol. The Kier molecular flexibility index (Phi) is 4.04. The van der Waals surface area contributed by atoms with Gasteiger partial charge in [0.05, 0.1) is 0 Å². The van der Waals surface area contributed by atoms with Crippen molar-refractivity contribution >= 4 is 31.9 Å². The quantitative estimate of drug-likeness (QED) is 0.467. The van der Waals surface area contributed by atoms with Crippen LogP contribution in [0, 0.1) is 0 Å². The molecule has 20 heavy (non-hydrogen) atoms. The van der Waals surface area contributed by atoms with Gasteiger partial charge >= 0.3 is 0 Å². The number of hydrogen-bond donors (Lipinski definition) is 0. The van der Waals surface area contributed by atoms with Crippen LogP contribution in [-0.4, -0.2) is 0 Å². The Morgan fingerprint density at radius 2 is 0.800 bits per heavy atom. The Morgan fingerprint density at radius 1 is 0.450 bits per heavy atom. The molecule has 0 spiro atoms. The Balaban J connectivity index is 2.13. The van der Waals surface area contributed by atoms with E-state index in [1.807, 2.05) is 12.1 Å². The summed E-state index contributed by atoms with van der Waals surface area (Å²) in [5.41, 5.74) is 4.80. The van der Waals surface area contributed by atoms with E-state index in [9.17, 15) is 0 Å². The first kappa shape index (κ1) is 13.6. The smallest absolute Gasteiger partial charge is 0.0402 e. The third kappa shape index (κ3) is 2.58. The first-order valence-electron chi connectivity index (χ1n) is 6.36. The molecule has 0 unspecified atom stereocenters. The molecule has 0 radical (unpaired) electrons. The van der Waals surface area contributed by atoms with Crippen molar-refractivity contribution in [3.8, 4) is 22.3 Å². The van der Waals surface area contributed by atoms with Gasteiger partial charge in [-0.25, -0.2) is 0 Å². The summed E-state index contributed by atoms with van der Waals surface area (Å²) in [7, 11) is 0. The second-order valence-electron chi connectivity index (χ2n) is 4.52. The van der Waals surface area contributed by atoms with Gasteiger partial charge in [-0.2, -0.15) is 0 Å². The van der Waals surface area contributed by atoms with Crippen molar-refractivity contribution in [1.29, 1.82) is 0 Å². The van der Waals surface area contributed by atoms with Crippen LogP contribution in [0.3, 0.4) is 0 Å². The first-order valence-corrected chi connectivity index (χ1v) is 7.95. The van der Waals surface area contributed by atoms with Crippen molar-refractivity contribution in [1.82, 2.24) is 0 Å². The maximum Gasteiger partial charge on any atom is 0.0402 e.